The summed E-state index contributed by atoms with van der Waals surface area (Å²) < 4.78 is 10.9. The van der Waals surface area contributed by atoms with Crippen molar-refractivity contribution in [2.24, 2.45) is 0 Å². The van der Waals surface area contributed by atoms with E-state index in [9.17, 15) is 9.90 Å². The average Bonchev–Trinajstić information content (AvgIpc) is 2.58. The van der Waals surface area contributed by atoms with Crippen molar-refractivity contribution in [2.45, 2.75) is 51.4 Å². The molecule has 0 bridgehead atoms. The van der Waals surface area contributed by atoms with Gasteiger partial charge in [0.2, 0.25) is 0 Å². The van der Waals surface area contributed by atoms with Gasteiger partial charge in [0, 0.05) is 38.1 Å². The van der Waals surface area contributed by atoms with Crippen molar-refractivity contribution in [1.29, 1.82) is 0 Å². The monoisotopic (exact) mass is 351 g/mol. The Morgan fingerprint density at radius 1 is 1.36 bits per heavy atom. The molecule has 0 aromatic carbocycles. The molecule has 7 heteroatoms. The van der Waals surface area contributed by atoms with Crippen LogP contribution in [0.2, 0.25) is 0 Å². The highest BCUT2D eigenvalue weighted by Crippen LogP contribution is 2.15. The van der Waals surface area contributed by atoms with E-state index in [4.69, 9.17) is 9.47 Å². The van der Waals surface area contributed by atoms with Crippen LogP contribution in [0.1, 0.15) is 33.6 Å². The molecule has 1 aliphatic heterocycles. The van der Waals surface area contributed by atoms with Gasteiger partial charge in [-0.15, -0.1) is 0 Å². The zero-order valence-corrected chi connectivity index (χ0v) is 15.3. The topological polar surface area (TPSA) is 83.9 Å². The van der Waals surface area contributed by atoms with Gasteiger partial charge in [-0.25, -0.2) is 4.79 Å². The summed E-state index contributed by atoms with van der Waals surface area (Å²) in [7, 11) is 0. The minimum Gasteiger partial charge on any atom is -0.491 e. The lowest BCUT2D eigenvalue weighted by molar-refractivity contribution is 0.0192. The minimum absolute atomic E-state index is 0.230. The van der Waals surface area contributed by atoms with Crippen LogP contribution in [-0.4, -0.2) is 65.1 Å². The predicted molar refractivity (Wildman–Crippen MR) is 94.6 cm³/mol. The number of likely N-dealkylation sites (tertiary alicyclic amines) is 1. The second kappa shape index (κ2) is 9.01. The normalized spacial score (nSPS) is 17.2. The molecule has 2 N–H and O–H groups in total. The highest BCUT2D eigenvalue weighted by molar-refractivity contribution is 5.68. The van der Waals surface area contributed by atoms with Gasteiger partial charge in [0.25, 0.3) is 0 Å². The van der Waals surface area contributed by atoms with Crippen LogP contribution < -0.4 is 10.1 Å². The Morgan fingerprint density at radius 3 is 2.60 bits per heavy atom. The summed E-state index contributed by atoms with van der Waals surface area (Å²) in [5.74, 6) is 0.694. The number of aliphatic hydroxyl groups is 1. The fraction of sp³-hybridized carbons (Fsp3) is 0.667. The van der Waals surface area contributed by atoms with Crippen LogP contribution in [0.15, 0.2) is 24.5 Å². The van der Waals surface area contributed by atoms with Crippen LogP contribution in [-0.2, 0) is 4.74 Å². The van der Waals surface area contributed by atoms with E-state index in [-0.39, 0.29) is 18.7 Å². The molecular formula is C18H29N3O4. The number of carbonyl (C=O) groups is 1. The zero-order chi connectivity index (χ0) is 18.3. The number of hydrogen-bond acceptors (Lipinski definition) is 6. The lowest BCUT2D eigenvalue weighted by Crippen LogP contribution is -2.48. The number of aliphatic hydroxyl groups excluding tert-OH is 1. The molecule has 0 saturated carbocycles. The summed E-state index contributed by atoms with van der Waals surface area (Å²) in [6.07, 6.45) is 4.15. The Kier molecular flexibility index (Phi) is 7.01. The van der Waals surface area contributed by atoms with Crippen molar-refractivity contribution in [2.75, 3.05) is 26.2 Å². The number of aromatic nitrogens is 1. The molecule has 1 unspecified atom stereocenters. The molecule has 2 rings (SSSR count). The maximum absolute atomic E-state index is 12.0. The van der Waals surface area contributed by atoms with Crippen LogP contribution >= 0.6 is 0 Å². The van der Waals surface area contributed by atoms with E-state index in [0.717, 1.165) is 12.8 Å². The Morgan fingerprint density at radius 2 is 2.00 bits per heavy atom. The van der Waals surface area contributed by atoms with E-state index in [0.29, 0.717) is 25.4 Å². The summed E-state index contributed by atoms with van der Waals surface area (Å²) in [5.41, 5.74) is -0.467. The summed E-state index contributed by atoms with van der Waals surface area (Å²) in [4.78, 5) is 17.7. The molecule has 2 heterocycles. The van der Waals surface area contributed by atoms with Gasteiger partial charge in [-0.1, -0.05) is 0 Å². The molecule has 0 aliphatic carbocycles. The van der Waals surface area contributed by atoms with Crippen LogP contribution in [0.5, 0.6) is 5.75 Å². The Hall–Kier alpha value is -1.86. The number of ether oxygens (including phenoxy) is 2. The minimum atomic E-state index is -0.586. The third kappa shape index (κ3) is 7.27. The lowest BCUT2D eigenvalue weighted by Gasteiger charge is -2.34. The smallest absolute Gasteiger partial charge is 0.410 e. The van der Waals surface area contributed by atoms with E-state index >= 15 is 0 Å². The number of piperidine rings is 1. The molecule has 1 aliphatic rings. The molecule has 1 atom stereocenters. The maximum atomic E-state index is 12.0. The average molecular weight is 351 g/mol. The highest BCUT2D eigenvalue weighted by Gasteiger charge is 2.26. The van der Waals surface area contributed by atoms with E-state index < -0.39 is 11.7 Å². The first kappa shape index (κ1) is 19.5. The number of hydrogen-bond donors (Lipinski definition) is 2. The van der Waals surface area contributed by atoms with Gasteiger partial charge in [0.15, 0.2) is 0 Å². The molecule has 0 radical (unpaired) electrons. The number of carbonyl (C=O) groups excluding carboxylic acids is 1. The van der Waals surface area contributed by atoms with Gasteiger partial charge in [0.1, 0.15) is 24.1 Å². The van der Waals surface area contributed by atoms with Crippen molar-refractivity contribution in [1.82, 2.24) is 15.2 Å². The highest BCUT2D eigenvalue weighted by atomic mass is 16.6. The number of nitrogens with one attached hydrogen (secondary N) is 1. The van der Waals surface area contributed by atoms with Crippen molar-refractivity contribution in [3.05, 3.63) is 24.5 Å². The van der Waals surface area contributed by atoms with Gasteiger partial charge in [0.05, 0.1) is 0 Å². The number of rotatable bonds is 6. The number of pyridine rings is 1. The van der Waals surface area contributed by atoms with Crippen molar-refractivity contribution >= 4 is 6.09 Å². The summed E-state index contributed by atoms with van der Waals surface area (Å²) in [6.45, 7) is 7.63. The third-order valence-corrected chi connectivity index (χ3v) is 3.88. The van der Waals surface area contributed by atoms with Crippen LogP contribution in [0, 0.1) is 0 Å². The fourth-order valence-electron chi connectivity index (χ4n) is 2.58. The molecule has 1 fully saturated rings. The van der Waals surface area contributed by atoms with Crippen molar-refractivity contribution < 1.29 is 19.4 Å². The molecule has 7 nitrogen and oxygen atoms in total. The van der Waals surface area contributed by atoms with Crippen LogP contribution in [0.4, 0.5) is 4.79 Å². The number of nitrogens with zero attached hydrogens (tertiary/aromatic N) is 2. The van der Waals surface area contributed by atoms with E-state index in [1.165, 1.54) is 0 Å². The molecule has 25 heavy (non-hydrogen) atoms. The Labute approximate surface area is 149 Å². The SMILES string of the molecule is CC(C)(C)OC(=O)N1CCC(NCC(O)COc2ccncc2)CC1. The van der Waals surface area contributed by atoms with Gasteiger partial charge < -0.3 is 24.8 Å². The first-order valence-corrected chi connectivity index (χ1v) is 8.76. The lowest BCUT2D eigenvalue weighted by atomic mass is 10.1. The second-order valence-corrected chi connectivity index (χ2v) is 7.30. The summed E-state index contributed by atoms with van der Waals surface area (Å²) in [6, 6.07) is 3.80. The maximum Gasteiger partial charge on any atom is 0.410 e. The predicted octanol–water partition coefficient (Wildman–Crippen LogP) is 1.81. The zero-order valence-electron chi connectivity index (χ0n) is 15.3. The molecule has 1 aromatic rings. The summed E-state index contributed by atoms with van der Waals surface area (Å²) in [5, 5.41) is 13.4. The van der Waals surface area contributed by atoms with Crippen LogP contribution in [0.3, 0.4) is 0 Å². The molecular weight excluding hydrogens is 322 g/mol. The molecule has 140 valence electrons. The largest absolute Gasteiger partial charge is 0.491 e. The van der Waals surface area contributed by atoms with Gasteiger partial charge >= 0.3 is 6.09 Å². The second-order valence-electron chi connectivity index (χ2n) is 7.30. The molecule has 1 saturated heterocycles. The first-order chi connectivity index (χ1) is 11.8. The Balaban J connectivity index is 1.62. The summed E-state index contributed by atoms with van der Waals surface area (Å²) >= 11 is 0. The Bertz CT molecular complexity index is 525. The third-order valence-electron chi connectivity index (χ3n) is 3.88. The molecule has 1 amide bonds. The van der Waals surface area contributed by atoms with Crippen molar-refractivity contribution in [3.8, 4) is 5.75 Å². The van der Waals surface area contributed by atoms with Gasteiger partial charge in [-0.3, -0.25) is 4.98 Å². The van der Waals surface area contributed by atoms with Gasteiger partial charge in [-0.05, 0) is 45.7 Å². The molecule has 0 spiro atoms. The molecule has 1 aromatic heterocycles. The van der Waals surface area contributed by atoms with E-state index in [1.54, 1.807) is 29.4 Å². The first-order valence-electron chi connectivity index (χ1n) is 8.76. The number of amides is 1. The quantitative estimate of drug-likeness (QED) is 0.813. The van der Waals surface area contributed by atoms with E-state index in [1.807, 2.05) is 20.8 Å². The van der Waals surface area contributed by atoms with Crippen LogP contribution in [0.25, 0.3) is 0 Å². The van der Waals surface area contributed by atoms with E-state index in [2.05, 4.69) is 10.3 Å². The standard InChI is InChI=1S/C18H29N3O4/c1-18(2,3)25-17(23)21-10-6-14(7-11-21)20-12-15(22)13-24-16-4-8-19-9-5-16/h4-5,8-9,14-15,20,22H,6-7,10-13H2,1-3H3. The van der Waals surface area contributed by atoms with Gasteiger partial charge in [-0.2, -0.15) is 0 Å². The fourth-order valence-corrected chi connectivity index (χ4v) is 2.58. The van der Waals surface area contributed by atoms with Crippen molar-refractivity contribution in [3.63, 3.8) is 0 Å².